The van der Waals surface area contributed by atoms with E-state index in [1.165, 1.54) is 12.8 Å². The fraction of sp³-hybridized carbons (Fsp3) is 0.786. The Kier molecular flexibility index (Phi) is 4.07. The Morgan fingerprint density at radius 3 is 2.72 bits per heavy atom. The molecule has 1 heterocycles. The van der Waals surface area contributed by atoms with Gasteiger partial charge in [0.05, 0.1) is 18.6 Å². The van der Waals surface area contributed by atoms with Crippen molar-refractivity contribution in [3.05, 3.63) is 12.7 Å². The van der Waals surface area contributed by atoms with Crippen molar-refractivity contribution < 1.29 is 9.53 Å². The Morgan fingerprint density at radius 2 is 2.22 bits per heavy atom. The number of rotatable bonds is 4. The van der Waals surface area contributed by atoms with Gasteiger partial charge in [-0.1, -0.05) is 18.9 Å². The molecule has 1 saturated carbocycles. The van der Waals surface area contributed by atoms with E-state index in [1.807, 2.05) is 11.8 Å². The Morgan fingerprint density at radius 1 is 1.56 bits per heavy atom. The third kappa shape index (κ3) is 2.31. The number of ether oxygens (including phenoxy) is 1. The maximum atomic E-state index is 12.8. The van der Waals surface area contributed by atoms with Crippen LogP contribution < -0.4 is 5.73 Å². The zero-order valence-electron chi connectivity index (χ0n) is 11.2. The normalized spacial score (nSPS) is 32.7. The lowest BCUT2D eigenvalue weighted by molar-refractivity contribution is -0.143. The molecule has 2 aliphatic rings. The summed E-state index contributed by atoms with van der Waals surface area (Å²) in [5.41, 5.74) is 5.48. The van der Waals surface area contributed by atoms with Gasteiger partial charge in [-0.3, -0.25) is 4.79 Å². The summed E-state index contributed by atoms with van der Waals surface area (Å²) < 4.78 is 5.39. The fourth-order valence-electron chi connectivity index (χ4n) is 2.99. The molecule has 102 valence electrons. The molecule has 2 fully saturated rings. The van der Waals surface area contributed by atoms with Crippen LogP contribution in [0.5, 0.6) is 0 Å². The highest BCUT2D eigenvalue weighted by atomic mass is 16.5. The summed E-state index contributed by atoms with van der Waals surface area (Å²) in [6.07, 6.45) is 6.44. The largest absolute Gasteiger partial charge is 0.379 e. The first kappa shape index (κ1) is 13.6. The second-order valence-corrected chi connectivity index (χ2v) is 5.72. The van der Waals surface area contributed by atoms with Gasteiger partial charge in [-0.05, 0) is 19.8 Å². The van der Waals surface area contributed by atoms with Gasteiger partial charge in [0.25, 0.3) is 0 Å². The lowest BCUT2D eigenvalue weighted by Crippen LogP contribution is -2.53. The molecule has 0 spiro atoms. The van der Waals surface area contributed by atoms with E-state index >= 15 is 0 Å². The molecule has 0 aromatic rings. The molecule has 1 aliphatic heterocycles. The number of carbonyl (C=O) groups excluding carboxylic acids is 1. The van der Waals surface area contributed by atoms with Crippen molar-refractivity contribution in [2.75, 3.05) is 19.8 Å². The standard InChI is InChI=1S/C14H24N2O2/c1-3-8-16(11-6-4-5-7-11)13(17)14(2)10-18-9-12(14)15/h3,11-12H,1,4-10,15H2,2H3. The summed E-state index contributed by atoms with van der Waals surface area (Å²) in [4.78, 5) is 14.7. The Balaban J connectivity index is 2.14. The van der Waals surface area contributed by atoms with Crippen LogP contribution in [0.4, 0.5) is 0 Å². The van der Waals surface area contributed by atoms with Gasteiger partial charge in [0.2, 0.25) is 5.91 Å². The van der Waals surface area contributed by atoms with Crippen LogP contribution >= 0.6 is 0 Å². The van der Waals surface area contributed by atoms with Gasteiger partial charge in [0.1, 0.15) is 0 Å². The SMILES string of the molecule is C=CCN(C(=O)C1(C)COCC1N)C1CCCC1. The van der Waals surface area contributed by atoms with Crippen LogP contribution in [0.25, 0.3) is 0 Å². The molecule has 4 heteroatoms. The molecular weight excluding hydrogens is 228 g/mol. The summed E-state index contributed by atoms with van der Waals surface area (Å²) in [5, 5.41) is 0. The second kappa shape index (κ2) is 5.41. The zero-order valence-corrected chi connectivity index (χ0v) is 11.2. The minimum absolute atomic E-state index is 0.138. The number of carbonyl (C=O) groups is 1. The molecule has 1 saturated heterocycles. The van der Waals surface area contributed by atoms with Crippen LogP contribution in [-0.2, 0) is 9.53 Å². The van der Waals surface area contributed by atoms with Gasteiger partial charge < -0.3 is 15.4 Å². The van der Waals surface area contributed by atoms with Gasteiger partial charge in [-0.2, -0.15) is 0 Å². The topological polar surface area (TPSA) is 55.6 Å². The molecule has 0 bridgehead atoms. The average molecular weight is 252 g/mol. The molecule has 0 radical (unpaired) electrons. The predicted octanol–water partition coefficient (Wildman–Crippen LogP) is 1.31. The van der Waals surface area contributed by atoms with Crippen molar-refractivity contribution in [3.8, 4) is 0 Å². The van der Waals surface area contributed by atoms with E-state index in [4.69, 9.17) is 10.5 Å². The van der Waals surface area contributed by atoms with E-state index in [9.17, 15) is 4.79 Å². The highest BCUT2D eigenvalue weighted by Gasteiger charge is 2.47. The van der Waals surface area contributed by atoms with Crippen LogP contribution in [-0.4, -0.2) is 42.6 Å². The highest BCUT2D eigenvalue weighted by Crippen LogP contribution is 2.33. The third-order valence-corrected chi connectivity index (χ3v) is 4.36. The van der Waals surface area contributed by atoms with E-state index in [-0.39, 0.29) is 11.9 Å². The number of nitrogens with two attached hydrogens (primary N) is 1. The van der Waals surface area contributed by atoms with Crippen LogP contribution in [0.1, 0.15) is 32.6 Å². The van der Waals surface area contributed by atoms with Crippen molar-refractivity contribution in [1.82, 2.24) is 4.90 Å². The maximum Gasteiger partial charge on any atom is 0.233 e. The summed E-state index contributed by atoms with van der Waals surface area (Å²) >= 11 is 0. The van der Waals surface area contributed by atoms with Crippen LogP contribution in [0, 0.1) is 5.41 Å². The van der Waals surface area contributed by atoms with Gasteiger partial charge >= 0.3 is 0 Å². The second-order valence-electron chi connectivity index (χ2n) is 5.72. The summed E-state index contributed by atoms with van der Waals surface area (Å²) in [6.45, 7) is 7.23. The molecule has 1 aliphatic carbocycles. The van der Waals surface area contributed by atoms with Crippen LogP contribution in [0.3, 0.4) is 0 Å². The highest BCUT2D eigenvalue weighted by molar-refractivity contribution is 5.84. The van der Waals surface area contributed by atoms with Gasteiger partial charge in [0.15, 0.2) is 0 Å². The number of hydrogen-bond acceptors (Lipinski definition) is 3. The first-order valence-corrected chi connectivity index (χ1v) is 6.85. The lowest BCUT2D eigenvalue weighted by Gasteiger charge is -2.36. The average Bonchev–Trinajstić information content (AvgIpc) is 2.97. The quantitative estimate of drug-likeness (QED) is 0.767. The molecule has 2 rings (SSSR count). The molecule has 4 nitrogen and oxygen atoms in total. The third-order valence-electron chi connectivity index (χ3n) is 4.36. The first-order valence-electron chi connectivity index (χ1n) is 6.85. The van der Waals surface area contributed by atoms with Crippen molar-refractivity contribution in [1.29, 1.82) is 0 Å². The van der Waals surface area contributed by atoms with Crippen molar-refractivity contribution in [2.24, 2.45) is 11.1 Å². The van der Waals surface area contributed by atoms with E-state index in [0.29, 0.717) is 25.8 Å². The van der Waals surface area contributed by atoms with Crippen LogP contribution in [0.2, 0.25) is 0 Å². The minimum atomic E-state index is -0.564. The molecule has 0 aromatic carbocycles. The minimum Gasteiger partial charge on any atom is -0.379 e. The summed E-state index contributed by atoms with van der Waals surface area (Å²) in [6, 6.07) is 0.166. The molecule has 2 N–H and O–H groups in total. The molecular formula is C14H24N2O2. The zero-order chi connectivity index (χ0) is 13.2. The Hall–Kier alpha value is -0.870. The van der Waals surface area contributed by atoms with Gasteiger partial charge in [0, 0.05) is 18.6 Å². The molecule has 2 unspecified atom stereocenters. The van der Waals surface area contributed by atoms with E-state index in [2.05, 4.69) is 6.58 Å². The monoisotopic (exact) mass is 252 g/mol. The first-order chi connectivity index (χ1) is 8.59. The number of hydrogen-bond donors (Lipinski definition) is 1. The molecule has 2 atom stereocenters. The summed E-state index contributed by atoms with van der Waals surface area (Å²) in [7, 11) is 0. The molecule has 18 heavy (non-hydrogen) atoms. The fourth-order valence-corrected chi connectivity index (χ4v) is 2.99. The van der Waals surface area contributed by atoms with Crippen molar-refractivity contribution >= 4 is 5.91 Å². The van der Waals surface area contributed by atoms with Crippen molar-refractivity contribution in [2.45, 2.75) is 44.7 Å². The van der Waals surface area contributed by atoms with E-state index in [1.54, 1.807) is 6.08 Å². The Labute approximate surface area is 109 Å². The summed E-state index contributed by atoms with van der Waals surface area (Å²) in [5.74, 6) is 0.138. The predicted molar refractivity (Wildman–Crippen MR) is 71.1 cm³/mol. The molecule has 0 aromatic heterocycles. The number of nitrogens with zero attached hydrogens (tertiary/aromatic N) is 1. The maximum absolute atomic E-state index is 12.8. The van der Waals surface area contributed by atoms with Crippen molar-refractivity contribution in [3.63, 3.8) is 0 Å². The van der Waals surface area contributed by atoms with Gasteiger partial charge in [-0.25, -0.2) is 0 Å². The molecule has 1 amide bonds. The Bertz CT molecular complexity index is 326. The number of amides is 1. The smallest absolute Gasteiger partial charge is 0.233 e. The van der Waals surface area contributed by atoms with E-state index < -0.39 is 5.41 Å². The van der Waals surface area contributed by atoms with Crippen LogP contribution in [0.15, 0.2) is 12.7 Å². The van der Waals surface area contributed by atoms with E-state index in [0.717, 1.165) is 12.8 Å². The van der Waals surface area contributed by atoms with Gasteiger partial charge in [-0.15, -0.1) is 6.58 Å². The lowest BCUT2D eigenvalue weighted by atomic mass is 9.83.